The predicted molar refractivity (Wildman–Crippen MR) is 110 cm³/mol. The fourth-order valence-corrected chi connectivity index (χ4v) is 3.37. The zero-order valence-corrected chi connectivity index (χ0v) is 15.5. The number of hydrogen-bond donors (Lipinski definition) is 2. The Morgan fingerprint density at radius 1 is 0.964 bits per heavy atom. The molecule has 2 heterocycles. The van der Waals surface area contributed by atoms with Gasteiger partial charge in [0.1, 0.15) is 0 Å². The predicted octanol–water partition coefficient (Wildman–Crippen LogP) is 3.99. The van der Waals surface area contributed by atoms with Crippen LogP contribution in [0.3, 0.4) is 0 Å². The van der Waals surface area contributed by atoms with Gasteiger partial charge >= 0.3 is 0 Å². The van der Waals surface area contributed by atoms with Crippen molar-refractivity contribution < 1.29 is 9.59 Å². The number of anilines is 4. The minimum atomic E-state index is -0.127. The maximum absolute atomic E-state index is 13.0. The summed E-state index contributed by atoms with van der Waals surface area (Å²) in [6, 6.07) is 17.1. The molecule has 1 aromatic heterocycles. The Hall–Kier alpha value is -3.67. The van der Waals surface area contributed by atoms with Crippen molar-refractivity contribution in [1.82, 2.24) is 4.98 Å². The molecule has 2 amide bonds. The number of aromatic nitrogens is 1. The molecule has 6 nitrogen and oxygen atoms in total. The van der Waals surface area contributed by atoms with Gasteiger partial charge in [0, 0.05) is 36.7 Å². The average molecular weight is 372 g/mol. The lowest BCUT2D eigenvalue weighted by molar-refractivity contribution is -0.114. The number of fused-ring (bicyclic) bond motifs is 1. The molecule has 1 aliphatic heterocycles. The Morgan fingerprint density at radius 2 is 1.79 bits per heavy atom. The molecular weight excluding hydrogens is 352 g/mol. The second-order valence-corrected chi connectivity index (χ2v) is 6.68. The highest BCUT2D eigenvalue weighted by atomic mass is 16.2. The van der Waals surface area contributed by atoms with Crippen molar-refractivity contribution in [1.29, 1.82) is 0 Å². The van der Waals surface area contributed by atoms with Crippen LogP contribution in [-0.4, -0.2) is 23.3 Å². The number of hydrogen-bond acceptors (Lipinski definition) is 4. The molecule has 1 aliphatic rings. The second kappa shape index (κ2) is 7.52. The molecule has 0 fully saturated rings. The fraction of sp³-hybridized carbons (Fsp3) is 0.136. The van der Waals surface area contributed by atoms with E-state index >= 15 is 0 Å². The molecule has 0 atom stereocenters. The summed E-state index contributed by atoms with van der Waals surface area (Å²) in [4.78, 5) is 30.3. The fourth-order valence-electron chi connectivity index (χ4n) is 3.37. The molecule has 0 bridgehead atoms. The van der Waals surface area contributed by atoms with Crippen molar-refractivity contribution in [3.05, 3.63) is 78.1 Å². The zero-order valence-electron chi connectivity index (χ0n) is 15.5. The molecule has 4 rings (SSSR count). The summed E-state index contributed by atoms with van der Waals surface area (Å²) >= 11 is 0. The van der Waals surface area contributed by atoms with Crippen molar-refractivity contribution in [2.75, 3.05) is 22.1 Å². The van der Waals surface area contributed by atoms with E-state index in [-0.39, 0.29) is 11.8 Å². The summed E-state index contributed by atoms with van der Waals surface area (Å²) < 4.78 is 0. The third kappa shape index (κ3) is 3.71. The molecule has 2 aromatic carbocycles. The van der Waals surface area contributed by atoms with Crippen molar-refractivity contribution in [2.45, 2.75) is 13.3 Å². The topological polar surface area (TPSA) is 74.3 Å². The quantitative estimate of drug-likeness (QED) is 0.726. The van der Waals surface area contributed by atoms with Crippen LogP contribution in [0.1, 0.15) is 22.8 Å². The maximum atomic E-state index is 13.0. The number of carbonyl (C=O) groups excluding carboxylic acids is 2. The molecular formula is C22H20N4O2. The summed E-state index contributed by atoms with van der Waals surface area (Å²) in [7, 11) is 0. The molecule has 140 valence electrons. The van der Waals surface area contributed by atoms with E-state index in [1.54, 1.807) is 23.4 Å². The van der Waals surface area contributed by atoms with Crippen LogP contribution in [0.25, 0.3) is 0 Å². The van der Waals surface area contributed by atoms with Gasteiger partial charge in [-0.2, -0.15) is 0 Å². The minimum Gasteiger partial charge on any atom is -0.354 e. The highest BCUT2D eigenvalue weighted by Crippen LogP contribution is 2.29. The van der Waals surface area contributed by atoms with Gasteiger partial charge in [0.2, 0.25) is 5.91 Å². The number of benzene rings is 2. The molecule has 0 saturated carbocycles. The molecule has 0 unspecified atom stereocenters. The Labute approximate surface area is 163 Å². The average Bonchev–Trinajstić information content (AvgIpc) is 3.11. The van der Waals surface area contributed by atoms with E-state index in [1.165, 1.54) is 12.5 Å². The molecule has 3 aromatic rings. The summed E-state index contributed by atoms with van der Waals surface area (Å²) in [6.45, 7) is 2.14. The minimum absolute atomic E-state index is 0.0619. The van der Waals surface area contributed by atoms with Crippen LogP contribution in [-0.2, 0) is 11.2 Å². The third-order valence-electron chi connectivity index (χ3n) is 4.59. The standard InChI is InChI=1S/C22H20N4O2/c1-15(27)24-18-6-4-7-19(12-18)25-20-11-17(13-23-14-20)22(28)26-10-9-16-5-2-3-8-21(16)26/h2-8,11-14,25H,9-10H2,1H3,(H,24,27). The molecule has 28 heavy (non-hydrogen) atoms. The summed E-state index contributed by atoms with van der Waals surface area (Å²) in [6.07, 6.45) is 4.12. The monoisotopic (exact) mass is 372 g/mol. The first kappa shape index (κ1) is 17.7. The number of rotatable bonds is 4. The smallest absolute Gasteiger partial charge is 0.259 e. The van der Waals surface area contributed by atoms with E-state index in [1.807, 2.05) is 42.5 Å². The van der Waals surface area contributed by atoms with E-state index < -0.39 is 0 Å². The molecule has 0 radical (unpaired) electrons. The maximum Gasteiger partial charge on any atom is 0.259 e. The molecule has 2 N–H and O–H groups in total. The van der Waals surface area contributed by atoms with Crippen LogP contribution < -0.4 is 15.5 Å². The van der Waals surface area contributed by atoms with Gasteiger partial charge < -0.3 is 15.5 Å². The summed E-state index contributed by atoms with van der Waals surface area (Å²) in [5, 5.41) is 5.99. The Balaban J connectivity index is 1.54. The number of nitrogens with one attached hydrogen (secondary N) is 2. The van der Waals surface area contributed by atoms with Crippen LogP contribution in [0, 0.1) is 0 Å². The van der Waals surface area contributed by atoms with Crippen LogP contribution >= 0.6 is 0 Å². The normalized spacial score (nSPS) is 12.4. The molecule has 0 spiro atoms. The first-order valence-electron chi connectivity index (χ1n) is 9.10. The second-order valence-electron chi connectivity index (χ2n) is 6.68. The highest BCUT2D eigenvalue weighted by molar-refractivity contribution is 6.07. The lowest BCUT2D eigenvalue weighted by atomic mass is 10.2. The van der Waals surface area contributed by atoms with Gasteiger partial charge in [-0.25, -0.2) is 0 Å². The van der Waals surface area contributed by atoms with Crippen molar-refractivity contribution in [3.8, 4) is 0 Å². The lowest BCUT2D eigenvalue weighted by Gasteiger charge is -2.17. The van der Waals surface area contributed by atoms with Gasteiger partial charge in [0.25, 0.3) is 5.91 Å². The van der Waals surface area contributed by atoms with Gasteiger partial charge in [-0.05, 0) is 42.3 Å². The van der Waals surface area contributed by atoms with E-state index in [9.17, 15) is 9.59 Å². The van der Waals surface area contributed by atoms with Crippen LogP contribution in [0.15, 0.2) is 67.0 Å². The SMILES string of the molecule is CC(=O)Nc1cccc(Nc2cncc(C(=O)N3CCc4ccccc43)c2)c1. The van der Waals surface area contributed by atoms with Crippen LogP contribution in [0.4, 0.5) is 22.7 Å². The van der Waals surface area contributed by atoms with Crippen LogP contribution in [0.2, 0.25) is 0 Å². The van der Waals surface area contributed by atoms with Gasteiger partial charge in [-0.1, -0.05) is 24.3 Å². The number of para-hydroxylation sites is 1. The largest absolute Gasteiger partial charge is 0.354 e. The number of pyridine rings is 1. The zero-order chi connectivity index (χ0) is 19.5. The highest BCUT2D eigenvalue weighted by Gasteiger charge is 2.25. The van der Waals surface area contributed by atoms with Gasteiger partial charge in [0.15, 0.2) is 0 Å². The summed E-state index contributed by atoms with van der Waals surface area (Å²) in [5.41, 5.74) is 4.88. The van der Waals surface area contributed by atoms with Gasteiger partial charge in [-0.15, -0.1) is 0 Å². The Bertz CT molecular complexity index is 1050. The van der Waals surface area contributed by atoms with E-state index in [4.69, 9.17) is 0 Å². The Morgan fingerprint density at radius 3 is 2.64 bits per heavy atom. The lowest BCUT2D eigenvalue weighted by Crippen LogP contribution is -2.29. The third-order valence-corrected chi connectivity index (χ3v) is 4.59. The van der Waals surface area contributed by atoms with E-state index in [2.05, 4.69) is 21.7 Å². The Kier molecular flexibility index (Phi) is 4.76. The summed E-state index contributed by atoms with van der Waals surface area (Å²) in [5.74, 6) is -0.189. The molecule has 0 saturated heterocycles. The first-order chi connectivity index (χ1) is 13.6. The number of nitrogens with zero attached hydrogens (tertiary/aromatic N) is 2. The van der Waals surface area contributed by atoms with Gasteiger partial charge in [0.05, 0.1) is 17.4 Å². The number of amides is 2. The van der Waals surface area contributed by atoms with Crippen LogP contribution in [0.5, 0.6) is 0 Å². The molecule has 6 heteroatoms. The van der Waals surface area contributed by atoms with E-state index in [0.717, 1.165) is 17.8 Å². The molecule has 0 aliphatic carbocycles. The van der Waals surface area contributed by atoms with Crippen molar-refractivity contribution in [3.63, 3.8) is 0 Å². The van der Waals surface area contributed by atoms with Crippen molar-refractivity contribution >= 4 is 34.6 Å². The van der Waals surface area contributed by atoms with Gasteiger partial charge in [-0.3, -0.25) is 14.6 Å². The first-order valence-corrected chi connectivity index (χ1v) is 9.10. The van der Waals surface area contributed by atoms with Crippen molar-refractivity contribution in [2.24, 2.45) is 0 Å². The number of carbonyl (C=O) groups is 2. The van der Waals surface area contributed by atoms with E-state index in [0.29, 0.717) is 23.5 Å².